The minimum absolute atomic E-state index is 0.0748. The van der Waals surface area contributed by atoms with E-state index in [4.69, 9.17) is 0 Å². The molecule has 3 heterocycles. The summed E-state index contributed by atoms with van der Waals surface area (Å²) in [5, 5.41) is 11.7. The van der Waals surface area contributed by atoms with Gasteiger partial charge in [0, 0.05) is 30.6 Å². The number of aryl methyl sites for hydroxylation is 1. The maximum atomic E-state index is 12.7. The zero-order chi connectivity index (χ0) is 23.2. The van der Waals surface area contributed by atoms with Crippen LogP contribution in [0, 0.1) is 6.92 Å². The number of nitrogens with one attached hydrogen (secondary N) is 1. The molecule has 33 heavy (non-hydrogen) atoms. The smallest absolute Gasteiger partial charge is 0.221 e. The van der Waals surface area contributed by atoms with Crippen molar-refractivity contribution in [3.8, 4) is 22.8 Å². The summed E-state index contributed by atoms with van der Waals surface area (Å²) in [4.78, 5) is 37.4. The van der Waals surface area contributed by atoms with Gasteiger partial charge in [-0.05, 0) is 55.0 Å². The van der Waals surface area contributed by atoms with E-state index in [1.54, 1.807) is 30.6 Å². The Morgan fingerprint density at radius 2 is 1.61 bits per heavy atom. The zero-order valence-corrected chi connectivity index (χ0v) is 18.8. The predicted octanol–water partition coefficient (Wildman–Crippen LogP) is 4.24. The van der Waals surface area contributed by atoms with Crippen molar-refractivity contribution in [3.63, 3.8) is 0 Å². The lowest BCUT2D eigenvalue weighted by Gasteiger charge is -2.09. The molecule has 9 heteroatoms. The first-order valence-corrected chi connectivity index (χ1v) is 11.1. The number of amides is 1. The second kappa shape index (κ2) is 10.1. The van der Waals surface area contributed by atoms with Gasteiger partial charge in [0.1, 0.15) is 11.4 Å². The Bertz CT molecular complexity index is 1300. The van der Waals surface area contributed by atoms with Crippen molar-refractivity contribution in [2.45, 2.75) is 19.0 Å². The van der Waals surface area contributed by atoms with Gasteiger partial charge < -0.3 is 5.32 Å². The number of anilines is 1. The van der Waals surface area contributed by atoms with E-state index in [-0.39, 0.29) is 17.4 Å². The number of hydrogen-bond acceptors (Lipinski definition) is 8. The van der Waals surface area contributed by atoms with E-state index >= 15 is 0 Å². The standard InChI is InChI=1S/C24H20N6O2S/c1-15-13-17(9-10-18(15)27-16(2)31)21(32)14-33-24-28-22(19-7-3-5-11-25-19)23(29-30-24)20-8-4-6-12-26-20/h3-13H,14H2,1-2H3,(H,27,31). The van der Waals surface area contributed by atoms with Crippen LogP contribution in [-0.2, 0) is 4.79 Å². The molecule has 3 aromatic heterocycles. The molecule has 0 unspecified atom stereocenters. The third kappa shape index (κ3) is 5.45. The Labute approximate surface area is 194 Å². The lowest BCUT2D eigenvalue weighted by molar-refractivity contribution is -0.114. The van der Waals surface area contributed by atoms with Gasteiger partial charge in [0.25, 0.3) is 0 Å². The van der Waals surface area contributed by atoms with Crippen molar-refractivity contribution >= 4 is 29.1 Å². The molecule has 0 radical (unpaired) electrons. The highest BCUT2D eigenvalue weighted by Crippen LogP contribution is 2.27. The van der Waals surface area contributed by atoms with Crippen LogP contribution in [0.2, 0.25) is 0 Å². The summed E-state index contributed by atoms with van der Waals surface area (Å²) in [7, 11) is 0. The number of benzene rings is 1. The van der Waals surface area contributed by atoms with Crippen LogP contribution < -0.4 is 5.32 Å². The highest BCUT2D eigenvalue weighted by molar-refractivity contribution is 7.99. The van der Waals surface area contributed by atoms with Crippen LogP contribution in [0.1, 0.15) is 22.8 Å². The van der Waals surface area contributed by atoms with Crippen LogP contribution in [0.5, 0.6) is 0 Å². The Balaban J connectivity index is 1.56. The molecular weight excluding hydrogens is 436 g/mol. The van der Waals surface area contributed by atoms with Gasteiger partial charge >= 0.3 is 0 Å². The molecule has 0 bridgehead atoms. The first-order chi connectivity index (χ1) is 16.0. The fourth-order valence-electron chi connectivity index (χ4n) is 3.11. The summed E-state index contributed by atoms with van der Waals surface area (Å²) in [6.45, 7) is 3.29. The van der Waals surface area contributed by atoms with E-state index in [1.165, 1.54) is 18.7 Å². The van der Waals surface area contributed by atoms with Gasteiger partial charge in [0.05, 0.1) is 17.1 Å². The lowest BCUT2D eigenvalue weighted by atomic mass is 10.1. The highest BCUT2D eigenvalue weighted by atomic mass is 32.2. The molecular formula is C24H20N6O2S. The Morgan fingerprint density at radius 1 is 0.909 bits per heavy atom. The van der Waals surface area contributed by atoms with Crippen LogP contribution in [-0.4, -0.2) is 42.6 Å². The molecule has 1 N–H and O–H groups in total. The van der Waals surface area contributed by atoms with Crippen LogP contribution >= 0.6 is 11.8 Å². The summed E-state index contributed by atoms with van der Waals surface area (Å²) in [5.74, 6) is -0.0879. The van der Waals surface area contributed by atoms with E-state index in [9.17, 15) is 9.59 Å². The molecule has 1 amide bonds. The SMILES string of the molecule is CC(=O)Nc1ccc(C(=O)CSc2nnc(-c3ccccn3)c(-c3ccccn3)n2)cc1C. The number of aromatic nitrogens is 5. The van der Waals surface area contributed by atoms with Gasteiger partial charge in [-0.15, -0.1) is 10.2 Å². The maximum absolute atomic E-state index is 12.7. The van der Waals surface area contributed by atoms with Crippen molar-refractivity contribution < 1.29 is 9.59 Å². The number of carbonyl (C=O) groups excluding carboxylic acids is 2. The van der Waals surface area contributed by atoms with E-state index < -0.39 is 0 Å². The predicted molar refractivity (Wildman–Crippen MR) is 127 cm³/mol. The van der Waals surface area contributed by atoms with E-state index in [0.717, 1.165) is 5.56 Å². The third-order valence-corrected chi connectivity index (χ3v) is 5.51. The zero-order valence-electron chi connectivity index (χ0n) is 18.0. The molecule has 0 aliphatic carbocycles. The molecule has 0 aliphatic rings. The molecule has 0 saturated heterocycles. The normalized spacial score (nSPS) is 10.6. The number of hydrogen-bond donors (Lipinski definition) is 1. The van der Waals surface area contributed by atoms with Crippen molar-refractivity contribution in [2.24, 2.45) is 0 Å². The van der Waals surface area contributed by atoms with Gasteiger partial charge in [-0.2, -0.15) is 0 Å². The largest absolute Gasteiger partial charge is 0.326 e. The molecule has 0 atom stereocenters. The Kier molecular flexibility index (Phi) is 6.80. The molecule has 0 saturated carbocycles. The number of ketones is 1. The number of nitrogens with zero attached hydrogens (tertiary/aromatic N) is 5. The number of Topliss-reactive ketones (excluding diaryl/α,β-unsaturated/α-hetero) is 1. The average molecular weight is 457 g/mol. The molecule has 1 aromatic carbocycles. The van der Waals surface area contributed by atoms with Crippen molar-refractivity contribution in [2.75, 3.05) is 11.1 Å². The first kappa shape index (κ1) is 22.2. The fourth-order valence-corrected chi connectivity index (χ4v) is 3.79. The molecule has 8 nitrogen and oxygen atoms in total. The monoisotopic (exact) mass is 456 g/mol. The maximum Gasteiger partial charge on any atom is 0.221 e. The van der Waals surface area contributed by atoms with Crippen LogP contribution in [0.15, 0.2) is 72.1 Å². The van der Waals surface area contributed by atoms with E-state index in [0.29, 0.717) is 39.2 Å². The molecule has 4 rings (SSSR count). The number of thioether (sulfide) groups is 1. The van der Waals surface area contributed by atoms with Gasteiger partial charge in [-0.1, -0.05) is 23.9 Å². The van der Waals surface area contributed by atoms with Crippen LogP contribution in [0.4, 0.5) is 5.69 Å². The second-order valence-corrected chi connectivity index (χ2v) is 8.09. The van der Waals surface area contributed by atoms with Gasteiger partial charge in [0.15, 0.2) is 5.78 Å². The van der Waals surface area contributed by atoms with Gasteiger partial charge in [-0.3, -0.25) is 19.6 Å². The number of pyridine rings is 2. The first-order valence-electron chi connectivity index (χ1n) is 10.1. The minimum Gasteiger partial charge on any atom is -0.326 e. The molecule has 0 fully saturated rings. The van der Waals surface area contributed by atoms with Crippen LogP contribution in [0.25, 0.3) is 22.8 Å². The molecule has 4 aromatic rings. The average Bonchev–Trinajstić information content (AvgIpc) is 2.84. The number of rotatable bonds is 7. The van der Waals surface area contributed by atoms with Crippen LogP contribution in [0.3, 0.4) is 0 Å². The topological polar surface area (TPSA) is 111 Å². The molecule has 164 valence electrons. The summed E-state index contributed by atoms with van der Waals surface area (Å²) in [5.41, 5.74) is 4.41. The summed E-state index contributed by atoms with van der Waals surface area (Å²) >= 11 is 1.20. The summed E-state index contributed by atoms with van der Waals surface area (Å²) < 4.78 is 0. The third-order valence-electron chi connectivity index (χ3n) is 4.67. The quantitative estimate of drug-likeness (QED) is 0.325. The summed E-state index contributed by atoms with van der Waals surface area (Å²) in [6, 6.07) is 16.3. The van der Waals surface area contributed by atoms with Crippen molar-refractivity contribution in [1.29, 1.82) is 0 Å². The molecule has 0 aliphatic heterocycles. The lowest BCUT2D eigenvalue weighted by Crippen LogP contribution is -2.09. The van der Waals surface area contributed by atoms with E-state index in [2.05, 4.69) is 30.5 Å². The fraction of sp³-hybridized carbons (Fsp3) is 0.125. The second-order valence-electron chi connectivity index (χ2n) is 7.14. The van der Waals surface area contributed by atoms with Crippen molar-refractivity contribution in [1.82, 2.24) is 25.1 Å². The molecule has 0 spiro atoms. The minimum atomic E-state index is -0.157. The van der Waals surface area contributed by atoms with E-state index in [1.807, 2.05) is 43.3 Å². The Morgan fingerprint density at radius 3 is 2.21 bits per heavy atom. The summed E-state index contributed by atoms with van der Waals surface area (Å²) in [6.07, 6.45) is 3.36. The Hall–Kier alpha value is -3.98. The van der Waals surface area contributed by atoms with Gasteiger partial charge in [0.2, 0.25) is 11.1 Å². The number of carbonyl (C=O) groups is 2. The van der Waals surface area contributed by atoms with Gasteiger partial charge in [-0.25, -0.2) is 4.98 Å². The highest BCUT2D eigenvalue weighted by Gasteiger charge is 2.17. The van der Waals surface area contributed by atoms with Crippen molar-refractivity contribution in [3.05, 3.63) is 78.1 Å².